The van der Waals surface area contributed by atoms with E-state index in [1.165, 1.54) is 38.5 Å². The highest BCUT2D eigenvalue weighted by Crippen LogP contribution is 2.31. The first kappa shape index (κ1) is 11.0. The van der Waals surface area contributed by atoms with Crippen LogP contribution in [0.5, 0.6) is 0 Å². The van der Waals surface area contributed by atoms with Gasteiger partial charge in [0.05, 0.1) is 0 Å². The number of hydrogen-bond acceptors (Lipinski definition) is 1. The van der Waals surface area contributed by atoms with Gasteiger partial charge in [-0.3, -0.25) is 0 Å². The molecule has 78 valence electrons. The SMILES string of the molecule is CC(C)(C)C[C@@H](N)C1CCCCC1. The Hall–Kier alpha value is -0.0400. The van der Waals surface area contributed by atoms with Crippen molar-refractivity contribution >= 4 is 0 Å². The molecule has 1 saturated carbocycles. The van der Waals surface area contributed by atoms with Crippen molar-refractivity contribution in [1.82, 2.24) is 0 Å². The van der Waals surface area contributed by atoms with Crippen LogP contribution in [-0.4, -0.2) is 6.04 Å². The van der Waals surface area contributed by atoms with Gasteiger partial charge in [0.1, 0.15) is 0 Å². The fourth-order valence-electron chi connectivity index (χ4n) is 2.44. The molecule has 1 aliphatic carbocycles. The molecule has 0 saturated heterocycles. The molecule has 2 N–H and O–H groups in total. The molecule has 0 aromatic heterocycles. The monoisotopic (exact) mass is 183 g/mol. The van der Waals surface area contributed by atoms with Gasteiger partial charge in [-0.1, -0.05) is 40.0 Å². The molecule has 0 spiro atoms. The summed E-state index contributed by atoms with van der Waals surface area (Å²) in [5, 5.41) is 0. The van der Waals surface area contributed by atoms with Crippen LogP contribution in [0.3, 0.4) is 0 Å². The van der Waals surface area contributed by atoms with Crippen LogP contribution in [-0.2, 0) is 0 Å². The summed E-state index contributed by atoms with van der Waals surface area (Å²) in [7, 11) is 0. The summed E-state index contributed by atoms with van der Waals surface area (Å²) < 4.78 is 0. The Morgan fingerprint density at radius 1 is 1.15 bits per heavy atom. The van der Waals surface area contributed by atoms with E-state index >= 15 is 0 Å². The third-order valence-electron chi connectivity index (χ3n) is 3.10. The molecule has 0 unspecified atom stereocenters. The fraction of sp³-hybridized carbons (Fsp3) is 1.00. The summed E-state index contributed by atoms with van der Waals surface area (Å²) >= 11 is 0. The van der Waals surface area contributed by atoms with Crippen molar-refractivity contribution < 1.29 is 0 Å². The molecule has 0 bridgehead atoms. The van der Waals surface area contributed by atoms with Gasteiger partial charge in [-0.05, 0) is 30.6 Å². The van der Waals surface area contributed by atoms with Crippen LogP contribution < -0.4 is 5.73 Å². The first-order valence-electron chi connectivity index (χ1n) is 5.74. The van der Waals surface area contributed by atoms with Crippen molar-refractivity contribution in [2.75, 3.05) is 0 Å². The molecule has 0 radical (unpaired) electrons. The summed E-state index contributed by atoms with van der Waals surface area (Å²) in [4.78, 5) is 0. The lowest BCUT2D eigenvalue weighted by Gasteiger charge is -2.31. The third kappa shape index (κ3) is 4.12. The van der Waals surface area contributed by atoms with Crippen LogP contribution in [0.15, 0.2) is 0 Å². The Morgan fingerprint density at radius 3 is 2.15 bits per heavy atom. The van der Waals surface area contributed by atoms with Crippen molar-refractivity contribution in [2.24, 2.45) is 17.1 Å². The first-order valence-corrected chi connectivity index (χ1v) is 5.74. The van der Waals surface area contributed by atoms with E-state index in [0.717, 1.165) is 5.92 Å². The van der Waals surface area contributed by atoms with Gasteiger partial charge >= 0.3 is 0 Å². The number of nitrogens with two attached hydrogens (primary N) is 1. The maximum absolute atomic E-state index is 6.23. The van der Waals surface area contributed by atoms with E-state index in [9.17, 15) is 0 Å². The average Bonchev–Trinajstić information content (AvgIpc) is 2.03. The molecule has 0 aromatic carbocycles. The zero-order chi connectivity index (χ0) is 9.90. The van der Waals surface area contributed by atoms with Crippen LogP contribution in [0, 0.1) is 11.3 Å². The molecule has 0 heterocycles. The summed E-state index contributed by atoms with van der Waals surface area (Å²) in [5.41, 5.74) is 6.63. The van der Waals surface area contributed by atoms with E-state index in [4.69, 9.17) is 5.73 Å². The zero-order valence-electron chi connectivity index (χ0n) is 9.47. The maximum Gasteiger partial charge on any atom is 0.00721 e. The van der Waals surface area contributed by atoms with Gasteiger partial charge in [-0.15, -0.1) is 0 Å². The van der Waals surface area contributed by atoms with Crippen molar-refractivity contribution in [3.8, 4) is 0 Å². The highest BCUT2D eigenvalue weighted by molar-refractivity contribution is 4.80. The van der Waals surface area contributed by atoms with Crippen molar-refractivity contribution in [3.63, 3.8) is 0 Å². The summed E-state index contributed by atoms with van der Waals surface area (Å²) in [6.45, 7) is 6.86. The molecule has 0 aliphatic heterocycles. The maximum atomic E-state index is 6.23. The van der Waals surface area contributed by atoms with E-state index in [1.54, 1.807) is 0 Å². The van der Waals surface area contributed by atoms with Crippen LogP contribution in [0.1, 0.15) is 59.3 Å². The summed E-state index contributed by atoms with van der Waals surface area (Å²) in [6.07, 6.45) is 8.16. The molecule has 1 heteroatoms. The Balaban J connectivity index is 2.33. The molecule has 1 atom stereocenters. The molecule has 1 nitrogen and oxygen atoms in total. The summed E-state index contributed by atoms with van der Waals surface area (Å²) in [6, 6.07) is 0.445. The molecule has 0 aromatic rings. The van der Waals surface area contributed by atoms with Gasteiger partial charge in [0.2, 0.25) is 0 Å². The topological polar surface area (TPSA) is 26.0 Å². The smallest absolute Gasteiger partial charge is 0.00721 e. The van der Waals surface area contributed by atoms with Gasteiger partial charge < -0.3 is 5.73 Å². The van der Waals surface area contributed by atoms with Crippen LogP contribution in [0.2, 0.25) is 0 Å². The van der Waals surface area contributed by atoms with Crippen molar-refractivity contribution in [3.05, 3.63) is 0 Å². The van der Waals surface area contributed by atoms with Gasteiger partial charge in [-0.25, -0.2) is 0 Å². The van der Waals surface area contributed by atoms with Gasteiger partial charge in [-0.2, -0.15) is 0 Å². The van der Waals surface area contributed by atoms with Crippen LogP contribution >= 0.6 is 0 Å². The Morgan fingerprint density at radius 2 is 1.69 bits per heavy atom. The van der Waals surface area contributed by atoms with E-state index in [1.807, 2.05) is 0 Å². The standard InChI is InChI=1S/C12H25N/c1-12(2,3)9-11(13)10-7-5-4-6-8-10/h10-11H,4-9,13H2,1-3H3/t11-/m1/s1. The highest BCUT2D eigenvalue weighted by atomic mass is 14.7. The molecular formula is C12H25N. The number of hydrogen-bond donors (Lipinski definition) is 1. The predicted octanol–water partition coefficient (Wildman–Crippen LogP) is 3.33. The minimum atomic E-state index is 0.400. The highest BCUT2D eigenvalue weighted by Gasteiger charge is 2.24. The molecule has 1 fully saturated rings. The average molecular weight is 183 g/mol. The second-order valence-corrected chi connectivity index (χ2v) is 5.83. The lowest BCUT2D eigenvalue weighted by molar-refractivity contribution is 0.238. The number of rotatable bonds is 2. The van der Waals surface area contributed by atoms with Crippen LogP contribution in [0.4, 0.5) is 0 Å². The minimum absolute atomic E-state index is 0.400. The van der Waals surface area contributed by atoms with Gasteiger partial charge in [0.15, 0.2) is 0 Å². The first-order chi connectivity index (χ1) is 5.99. The van der Waals surface area contributed by atoms with E-state index in [-0.39, 0.29) is 0 Å². The van der Waals surface area contributed by atoms with Gasteiger partial charge in [0.25, 0.3) is 0 Å². The molecule has 1 aliphatic rings. The largest absolute Gasteiger partial charge is 0.327 e. The lowest BCUT2D eigenvalue weighted by Crippen LogP contribution is -2.35. The van der Waals surface area contributed by atoms with E-state index < -0.39 is 0 Å². The quantitative estimate of drug-likeness (QED) is 0.698. The lowest BCUT2D eigenvalue weighted by atomic mass is 9.77. The molecule has 1 rings (SSSR count). The van der Waals surface area contributed by atoms with Crippen molar-refractivity contribution in [1.29, 1.82) is 0 Å². The third-order valence-corrected chi connectivity index (χ3v) is 3.10. The Labute approximate surface area is 83.1 Å². The fourth-order valence-corrected chi connectivity index (χ4v) is 2.44. The van der Waals surface area contributed by atoms with E-state index in [0.29, 0.717) is 11.5 Å². The Bertz CT molecular complexity index is 140. The second kappa shape index (κ2) is 4.45. The zero-order valence-corrected chi connectivity index (χ0v) is 9.47. The second-order valence-electron chi connectivity index (χ2n) is 5.83. The normalized spacial score (nSPS) is 23.1. The molecule has 13 heavy (non-hydrogen) atoms. The van der Waals surface area contributed by atoms with Gasteiger partial charge in [0, 0.05) is 6.04 Å². The van der Waals surface area contributed by atoms with Crippen LogP contribution in [0.25, 0.3) is 0 Å². The minimum Gasteiger partial charge on any atom is -0.327 e. The molecule has 0 amide bonds. The summed E-state index contributed by atoms with van der Waals surface area (Å²) in [5.74, 6) is 0.813. The molecular weight excluding hydrogens is 158 g/mol. The Kier molecular flexibility index (Phi) is 3.78. The predicted molar refractivity (Wildman–Crippen MR) is 58.6 cm³/mol. The van der Waals surface area contributed by atoms with Crippen molar-refractivity contribution in [2.45, 2.75) is 65.3 Å². The van der Waals surface area contributed by atoms with E-state index in [2.05, 4.69) is 20.8 Å².